The van der Waals surface area contributed by atoms with Crippen molar-refractivity contribution in [3.8, 4) is 0 Å². The Balaban J connectivity index is 2.31. The lowest BCUT2D eigenvalue weighted by molar-refractivity contribution is 0.223. The second-order valence-electron chi connectivity index (χ2n) is 6.25. The molecule has 1 unspecified atom stereocenters. The summed E-state index contributed by atoms with van der Waals surface area (Å²) in [7, 11) is 0. The Kier molecular flexibility index (Phi) is 4.62. The van der Waals surface area contributed by atoms with E-state index in [1.807, 2.05) is 13.0 Å². The molecule has 1 fully saturated rings. The van der Waals surface area contributed by atoms with Crippen LogP contribution in [0.5, 0.6) is 0 Å². The van der Waals surface area contributed by atoms with E-state index < -0.39 is 0 Å². The fraction of sp³-hybridized carbons (Fsp3) is 0.647. The highest BCUT2D eigenvalue weighted by molar-refractivity contribution is 5.31. The third-order valence-corrected chi connectivity index (χ3v) is 4.58. The number of aryl methyl sites for hydroxylation is 1. The van der Waals surface area contributed by atoms with Gasteiger partial charge in [-0.15, -0.1) is 0 Å². The van der Waals surface area contributed by atoms with Crippen LogP contribution in [0, 0.1) is 18.2 Å². The molecule has 1 aromatic carbocycles. The van der Waals surface area contributed by atoms with Crippen LogP contribution in [-0.2, 0) is 0 Å². The fourth-order valence-corrected chi connectivity index (χ4v) is 3.45. The largest absolute Gasteiger partial charge is 0.309 e. The highest BCUT2D eigenvalue weighted by Gasteiger charge is 2.38. The molecule has 1 nitrogen and oxygen atoms in total. The van der Waals surface area contributed by atoms with Gasteiger partial charge in [-0.3, -0.25) is 0 Å². The van der Waals surface area contributed by atoms with Crippen molar-refractivity contribution in [1.82, 2.24) is 5.32 Å². The van der Waals surface area contributed by atoms with Crippen LogP contribution in [0.1, 0.15) is 63.1 Å². The number of halogens is 1. The molecule has 0 saturated heterocycles. The number of benzene rings is 1. The Hall–Kier alpha value is -0.890. The Morgan fingerprint density at radius 1 is 1.32 bits per heavy atom. The number of rotatable bonds is 5. The van der Waals surface area contributed by atoms with Gasteiger partial charge < -0.3 is 5.32 Å². The average Bonchev–Trinajstić information content (AvgIpc) is 2.80. The summed E-state index contributed by atoms with van der Waals surface area (Å²) in [6.07, 6.45) is 6.31. The molecule has 0 spiro atoms. The summed E-state index contributed by atoms with van der Waals surface area (Å²) in [6, 6.07) is 5.59. The molecule has 0 bridgehead atoms. The van der Waals surface area contributed by atoms with E-state index in [9.17, 15) is 4.39 Å². The normalized spacial score (nSPS) is 19.6. The minimum Gasteiger partial charge on any atom is -0.309 e. The summed E-state index contributed by atoms with van der Waals surface area (Å²) in [6.45, 7) is 7.63. The summed E-state index contributed by atoms with van der Waals surface area (Å²) >= 11 is 0. The van der Waals surface area contributed by atoms with Gasteiger partial charge in [0.2, 0.25) is 0 Å². The number of hydrogen-bond acceptors (Lipinski definition) is 1. The molecule has 1 aromatic rings. The molecule has 2 rings (SSSR count). The molecular weight excluding hydrogens is 237 g/mol. The van der Waals surface area contributed by atoms with E-state index in [0.717, 1.165) is 18.5 Å². The monoisotopic (exact) mass is 263 g/mol. The van der Waals surface area contributed by atoms with E-state index in [-0.39, 0.29) is 5.82 Å². The molecule has 0 amide bonds. The summed E-state index contributed by atoms with van der Waals surface area (Å²) in [4.78, 5) is 0. The van der Waals surface area contributed by atoms with Gasteiger partial charge in [0.15, 0.2) is 0 Å². The van der Waals surface area contributed by atoms with Crippen molar-refractivity contribution in [3.63, 3.8) is 0 Å². The van der Waals surface area contributed by atoms with Crippen LogP contribution in [0.3, 0.4) is 0 Å². The molecule has 1 aliphatic rings. The Labute approximate surface area is 116 Å². The minimum atomic E-state index is -0.132. The van der Waals surface area contributed by atoms with Crippen LogP contribution in [0.25, 0.3) is 0 Å². The van der Waals surface area contributed by atoms with Gasteiger partial charge in [-0.1, -0.05) is 32.8 Å². The Morgan fingerprint density at radius 3 is 2.58 bits per heavy atom. The molecule has 0 aromatic heterocycles. The van der Waals surface area contributed by atoms with Crippen LogP contribution in [0.2, 0.25) is 0 Å². The lowest BCUT2D eigenvalue weighted by atomic mass is 9.76. The van der Waals surface area contributed by atoms with Gasteiger partial charge in [-0.25, -0.2) is 4.39 Å². The van der Waals surface area contributed by atoms with Crippen molar-refractivity contribution >= 4 is 0 Å². The van der Waals surface area contributed by atoms with Crippen molar-refractivity contribution < 1.29 is 4.39 Å². The molecule has 1 atom stereocenters. The van der Waals surface area contributed by atoms with Crippen LogP contribution in [0.4, 0.5) is 4.39 Å². The zero-order chi connectivity index (χ0) is 13.9. The third-order valence-electron chi connectivity index (χ3n) is 4.58. The average molecular weight is 263 g/mol. The van der Waals surface area contributed by atoms with Crippen molar-refractivity contribution in [1.29, 1.82) is 0 Å². The van der Waals surface area contributed by atoms with Gasteiger partial charge in [-0.2, -0.15) is 0 Å². The number of hydrogen-bond donors (Lipinski definition) is 1. The van der Waals surface area contributed by atoms with Gasteiger partial charge in [0.05, 0.1) is 0 Å². The lowest BCUT2D eigenvalue weighted by Gasteiger charge is -2.36. The first-order valence-corrected chi connectivity index (χ1v) is 7.56. The van der Waals surface area contributed by atoms with Crippen LogP contribution in [-0.4, -0.2) is 6.54 Å². The second kappa shape index (κ2) is 6.04. The van der Waals surface area contributed by atoms with Gasteiger partial charge in [-0.05, 0) is 61.4 Å². The van der Waals surface area contributed by atoms with E-state index in [1.165, 1.54) is 31.2 Å². The number of nitrogens with one attached hydrogen (secondary N) is 1. The molecule has 19 heavy (non-hydrogen) atoms. The van der Waals surface area contributed by atoms with Gasteiger partial charge >= 0.3 is 0 Å². The highest BCUT2D eigenvalue weighted by atomic mass is 19.1. The van der Waals surface area contributed by atoms with E-state index >= 15 is 0 Å². The summed E-state index contributed by atoms with van der Waals surface area (Å²) in [5.41, 5.74) is 2.67. The maximum absolute atomic E-state index is 13.3. The van der Waals surface area contributed by atoms with E-state index in [2.05, 4.69) is 19.2 Å². The molecule has 0 radical (unpaired) electrons. The van der Waals surface area contributed by atoms with E-state index in [0.29, 0.717) is 11.5 Å². The van der Waals surface area contributed by atoms with Crippen LogP contribution in [0.15, 0.2) is 18.2 Å². The van der Waals surface area contributed by atoms with Crippen molar-refractivity contribution in [2.45, 2.75) is 58.9 Å². The predicted octanol–water partition coefficient (Wildman–Crippen LogP) is 4.76. The molecule has 106 valence electrons. The molecule has 1 N–H and O–H groups in total. The van der Waals surface area contributed by atoms with Crippen LogP contribution >= 0.6 is 0 Å². The molecule has 0 heterocycles. The first-order valence-electron chi connectivity index (χ1n) is 7.56. The molecule has 0 aliphatic heterocycles. The smallest absolute Gasteiger partial charge is 0.123 e. The second-order valence-corrected chi connectivity index (χ2v) is 6.25. The van der Waals surface area contributed by atoms with E-state index in [1.54, 1.807) is 12.1 Å². The third kappa shape index (κ3) is 3.17. The highest BCUT2D eigenvalue weighted by Crippen LogP contribution is 2.47. The first kappa shape index (κ1) is 14.5. The van der Waals surface area contributed by atoms with Gasteiger partial charge in [0.1, 0.15) is 5.82 Å². The Bertz CT molecular complexity index is 421. The van der Waals surface area contributed by atoms with Crippen molar-refractivity contribution in [2.24, 2.45) is 5.41 Å². The summed E-state index contributed by atoms with van der Waals surface area (Å²) in [5, 5.41) is 3.71. The molecular formula is C17H26FN. The topological polar surface area (TPSA) is 12.0 Å². The van der Waals surface area contributed by atoms with Crippen molar-refractivity contribution in [2.75, 3.05) is 6.54 Å². The first-order chi connectivity index (χ1) is 9.07. The maximum Gasteiger partial charge on any atom is 0.123 e. The quantitative estimate of drug-likeness (QED) is 0.808. The Morgan fingerprint density at radius 2 is 2.00 bits per heavy atom. The standard InChI is InChI=1S/C17H26FN/c1-4-11-19-16(17(3)9-5-6-10-17)15-8-7-14(18)12-13(15)2/h7-8,12,16,19H,4-6,9-11H2,1-3H3. The summed E-state index contributed by atoms with van der Waals surface area (Å²) < 4.78 is 13.3. The molecule has 1 aliphatic carbocycles. The van der Waals surface area contributed by atoms with Gasteiger partial charge in [0.25, 0.3) is 0 Å². The lowest BCUT2D eigenvalue weighted by Crippen LogP contribution is -2.35. The zero-order valence-corrected chi connectivity index (χ0v) is 12.4. The SMILES string of the molecule is CCCNC(c1ccc(F)cc1C)C1(C)CCCC1. The predicted molar refractivity (Wildman–Crippen MR) is 78.7 cm³/mol. The van der Waals surface area contributed by atoms with Crippen molar-refractivity contribution in [3.05, 3.63) is 35.1 Å². The summed E-state index contributed by atoms with van der Waals surface area (Å²) in [5.74, 6) is -0.132. The molecule has 1 saturated carbocycles. The van der Waals surface area contributed by atoms with Gasteiger partial charge in [0, 0.05) is 6.04 Å². The minimum absolute atomic E-state index is 0.132. The zero-order valence-electron chi connectivity index (χ0n) is 12.4. The fourth-order valence-electron chi connectivity index (χ4n) is 3.45. The molecule has 2 heteroatoms. The van der Waals surface area contributed by atoms with E-state index in [4.69, 9.17) is 0 Å². The maximum atomic E-state index is 13.3. The van der Waals surface area contributed by atoms with Crippen LogP contribution < -0.4 is 5.32 Å².